The molecule has 3 rings (SSSR count). The number of piperidine rings is 1. The highest BCUT2D eigenvalue weighted by atomic mass is 15.4. The zero-order valence-electron chi connectivity index (χ0n) is 13.1. The van der Waals surface area contributed by atoms with E-state index >= 15 is 0 Å². The average Bonchev–Trinajstić information content (AvgIpc) is 2.87. The van der Waals surface area contributed by atoms with E-state index in [1.54, 1.807) is 0 Å². The van der Waals surface area contributed by atoms with Gasteiger partial charge in [0.15, 0.2) is 0 Å². The molecule has 2 heteroatoms. The molecule has 0 aromatic rings. The molecule has 1 N–H and O–H groups in total. The SMILES string of the molecule is CCCCCCCC(CC)N1C[C@]23C(C)[C@@H]2NCC13. The summed E-state index contributed by atoms with van der Waals surface area (Å²) in [7, 11) is 0. The third-order valence-electron chi connectivity index (χ3n) is 6.41. The Labute approximate surface area is 119 Å². The van der Waals surface area contributed by atoms with Crippen LogP contribution in [-0.4, -0.2) is 36.1 Å². The van der Waals surface area contributed by atoms with E-state index in [-0.39, 0.29) is 0 Å². The van der Waals surface area contributed by atoms with E-state index in [0.29, 0.717) is 0 Å². The van der Waals surface area contributed by atoms with Crippen LogP contribution in [0.4, 0.5) is 0 Å². The number of unbranched alkanes of at least 4 members (excludes halogenated alkanes) is 4. The normalized spacial score (nSPS) is 41.5. The highest BCUT2D eigenvalue weighted by Gasteiger charge is 2.76. The zero-order chi connectivity index (χ0) is 13.5. The molecular formula is C17H32N2. The molecule has 5 atom stereocenters. The summed E-state index contributed by atoms with van der Waals surface area (Å²) < 4.78 is 0. The van der Waals surface area contributed by atoms with Crippen LogP contribution >= 0.6 is 0 Å². The Morgan fingerprint density at radius 1 is 1.21 bits per heavy atom. The van der Waals surface area contributed by atoms with Crippen LogP contribution < -0.4 is 5.32 Å². The van der Waals surface area contributed by atoms with Crippen molar-refractivity contribution in [2.75, 3.05) is 13.1 Å². The van der Waals surface area contributed by atoms with Gasteiger partial charge in [0.1, 0.15) is 0 Å². The third-order valence-corrected chi connectivity index (χ3v) is 6.41. The molecule has 2 saturated heterocycles. The summed E-state index contributed by atoms with van der Waals surface area (Å²) in [6, 6.07) is 2.62. The lowest BCUT2D eigenvalue weighted by Crippen LogP contribution is -2.63. The van der Waals surface area contributed by atoms with E-state index in [1.807, 2.05) is 0 Å². The predicted octanol–water partition coefficient (Wildman–Crippen LogP) is 3.42. The number of rotatable bonds is 8. The van der Waals surface area contributed by atoms with Crippen LogP contribution in [0.3, 0.4) is 0 Å². The van der Waals surface area contributed by atoms with Gasteiger partial charge in [0.2, 0.25) is 0 Å². The van der Waals surface area contributed by atoms with Crippen LogP contribution in [0.2, 0.25) is 0 Å². The van der Waals surface area contributed by atoms with E-state index in [9.17, 15) is 0 Å². The molecule has 0 aromatic carbocycles. The molecule has 2 heterocycles. The summed E-state index contributed by atoms with van der Waals surface area (Å²) in [6.45, 7) is 9.80. The Bertz CT molecular complexity index is 316. The average molecular weight is 264 g/mol. The van der Waals surface area contributed by atoms with E-state index in [2.05, 4.69) is 31.0 Å². The second kappa shape index (κ2) is 5.37. The summed E-state index contributed by atoms with van der Waals surface area (Å²) in [5.74, 6) is 0.949. The molecule has 1 aliphatic carbocycles. The highest BCUT2D eigenvalue weighted by Crippen LogP contribution is 2.65. The van der Waals surface area contributed by atoms with E-state index in [0.717, 1.165) is 29.5 Å². The maximum atomic E-state index is 3.75. The summed E-state index contributed by atoms with van der Waals surface area (Å²) in [5.41, 5.74) is 0.718. The van der Waals surface area contributed by atoms with Crippen molar-refractivity contribution in [2.24, 2.45) is 11.3 Å². The molecule has 3 fully saturated rings. The van der Waals surface area contributed by atoms with Crippen molar-refractivity contribution >= 4 is 0 Å². The van der Waals surface area contributed by atoms with E-state index in [4.69, 9.17) is 0 Å². The summed E-state index contributed by atoms with van der Waals surface area (Å²) >= 11 is 0. The van der Waals surface area contributed by atoms with Gasteiger partial charge in [0, 0.05) is 36.6 Å². The molecule has 0 aromatic heterocycles. The lowest BCUT2D eigenvalue weighted by atomic mass is 9.81. The Morgan fingerprint density at radius 3 is 2.68 bits per heavy atom. The van der Waals surface area contributed by atoms with Gasteiger partial charge in [-0.3, -0.25) is 4.90 Å². The molecule has 3 aliphatic rings. The Morgan fingerprint density at radius 2 is 2.00 bits per heavy atom. The van der Waals surface area contributed by atoms with Crippen molar-refractivity contribution in [3.05, 3.63) is 0 Å². The van der Waals surface area contributed by atoms with Gasteiger partial charge in [-0.15, -0.1) is 0 Å². The second-order valence-electron chi connectivity index (χ2n) is 7.24. The second-order valence-corrected chi connectivity index (χ2v) is 7.24. The van der Waals surface area contributed by atoms with Crippen molar-refractivity contribution in [2.45, 2.75) is 83.8 Å². The lowest BCUT2D eigenvalue weighted by molar-refractivity contribution is -0.0356. The fourth-order valence-corrected chi connectivity index (χ4v) is 5.02. The number of nitrogens with one attached hydrogen (secondary N) is 1. The molecule has 0 radical (unpaired) electrons. The minimum Gasteiger partial charge on any atom is -0.311 e. The molecule has 1 saturated carbocycles. The minimum absolute atomic E-state index is 0.718. The van der Waals surface area contributed by atoms with Gasteiger partial charge in [-0.05, 0) is 18.8 Å². The van der Waals surface area contributed by atoms with Crippen LogP contribution in [0, 0.1) is 11.3 Å². The first-order valence-corrected chi connectivity index (χ1v) is 8.74. The topological polar surface area (TPSA) is 15.3 Å². The number of hydrogen-bond donors (Lipinski definition) is 1. The first-order valence-electron chi connectivity index (χ1n) is 8.74. The first-order chi connectivity index (χ1) is 9.25. The van der Waals surface area contributed by atoms with Gasteiger partial charge < -0.3 is 5.32 Å². The number of hydrogen-bond acceptors (Lipinski definition) is 2. The molecule has 0 bridgehead atoms. The standard InChI is InChI=1S/C17H32N2/c1-4-6-7-8-9-10-14(5-2)19-12-17-13(3)16(17)18-11-15(17)19/h13-16,18H,4-12H2,1-3H3/t13?,14?,15?,16-,17+/m0/s1. The van der Waals surface area contributed by atoms with Crippen LogP contribution in [0.25, 0.3) is 0 Å². The van der Waals surface area contributed by atoms with Gasteiger partial charge in [-0.1, -0.05) is 52.9 Å². The van der Waals surface area contributed by atoms with Crippen molar-refractivity contribution in [1.82, 2.24) is 10.2 Å². The Hall–Kier alpha value is -0.0800. The Kier molecular flexibility index (Phi) is 3.92. The molecule has 2 nitrogen and oxygen atoms in total. The number of nitrogens with zero attached hydrogens (tertiary/aromatic N) is 1. The highest BCUT2D eigenvalue weighted by molar-refractivity contribution is 5.31. The fraction of sp³-hybridized carbons (Fsp3) is 1.00. The lowest BCUT2D eigenvalue weighted by Gasteiger charge is -2.52. The zero-order valence-corrected chi connectivity index (χ0v) is 13.1. The quantitative estimate of drug-likeness (QED) is 0.676. The first kappa shape index (κ1) is 13.9. The van der Waals surface area contributed by atoms with Gasteiger partial charge in [-0.25, -0.2) is 0 Å². The van der Waals surface area contributed by atoms with Crippen LogP contribution in [0.5, 0.6) is 0 Å². The van der Waals surface area contributed by atoms with E-state index in [1.165, 1.54) is 58.0 Å². The van der Waals surface area contributed by atoms with Crippen molar-refractivity contribution in [3.63, 3.8) is 0 Å². The van der Waals surface area contributed by atoms with Crippen molar-refractivity contribution in [1.29, 1.82) is 0 Å². The summed E-state index contributed by atoms with van der Waals surface area (Å²) in [4.78, 5) is 2.84. The molecule has 110 valence electrons. The molecular weight excluding hydrogens is 232 g/mol. The van der Waals surface area contributed by atoms with Crippen LogP contribution in [0.15, 0.2) is 0 Å². The van der Waals surface area contributed by atoms with Gasteiger partial charge in [0.05, 0.1) is 0 Å². The maximum Gasteiger partial charge on any atom is 0.0310 e. The monoisotopic (exact) mass is 264 g/mol. The fourth-order valence-electron chi connectivity index (χ4n) is 5.02. The molecule has 19 heavy (non-hydrogen) atoms. The molecule has 0 amide bonds. The van der Waals surface area contributed by atoms with Crippen LogP contribution in [-0.2, 0) is 0 Å². The number of likely N-dealkylation sites (tertiary alicyclic amines) is 1. The molecule has 2 aliphatic heterocycles. The predicted molar refractivity (Wildman–Crippen MR) is 81.3 cm³/mol. The molecule has 3 unspecified atom stereocenters. The smallest absolute Gasteiger partial charge is 0.0310 e. The van der Waals surface area contributed by atoms with Crippen molar-refractivity contribution in [3.8, 4) is 0 Å². The third kappa shape index (κ3) is 2.06. The van der Waals surface area contributed by atoms with Crippen molar-refractivity contribution < 1.29 is 0 Å². The van der Waals surface area contributed by atoms with Gasteiger partial charge in [0.25, 0.3) is 0 Å². The van der Waals surface area contributed by atoms with E-state index < -0.39 is 0 Å². The van der Waals surface area contributed by atoms with Gasteiger partial charge >= 0.3 is 0 Å². The summed E-state index contributed by atoms with van der Waals surface area (Å²) in [6.07, 6.45) is 9.91. The van der Waals surface area contributed by atoms with Crippen LogP contribution in [0.1, 0.15) is 65.7 Å². The maximum absolute atomic E-state index is 3.75. The minimum atomic E-state index is 0.718. The Balaban J connectivity index is 1.43. The molecule has 1 spiro atoms. The largest absolute Gasteiger partial charge is 0.311 e. The summed E-state index contributed by atoms with van der Waals surface area (Å²) in [5, 5.41) is 3.75. The van der Waals surface area contributed by atoms with Gasteiger partial charge in [-0.2, -0.15) is 0 Å².